The number of aromatic nitrogens is 1. The summed E-state index contributed by atoms with van der Waals surface area (Å²) in [5.41, 5.74) is 4.28. The van der Waals surface area contributed by atoms with Crippen LogP contribution in [0.5, 0.6) is 5.75 Å². The Morgan fingerprint density at radius 2 is 1.69 bits per heavy atom. The van der Waals surface area contributed by atoms with Crippen LogP contribution in [0.3, 0.4) is 0 Å². The third kappa shape index (κ3) is 4.81. The first-order valence-corrected chi connectivity index (χ1v) is 9.97. The van der Waals surface area contributed by atoms with Gasteiger partial charge in [0.05, 0.1) is 19.3 Å². The Hall–Kier alpha value is -3.19. The SMILES string of the molecule is COc1ccc(-c2nc(C)c(C(=O)NCC(=O)Nc3c(C)cccc3C)s2)cc1. The molecule has 6 nitrogen and oxygen atoms in total. The number of aryl methyl sites for hydroxylation is 3. The molecule has 0 saturated carbocycles. The first-order valence-electron chi connectivity index (χ1n) is 9.15. The lowest BCUT2D eigenvalue weighted by Crippen LogP contribution is -2.33. The molecule has 0 radical (unpaired) electrons. The molecular formula is C22H23N3O3S. The summed E-state index contributed by atoms with van der Waals surface area (Å²) >= 11 is 1.30. The van der Waals surface area contributed by atoms with Gasteiger partial charge >= 0.3 is 0 Å². The van der Waals surface area contributed by atoms with Crippen molar-refractivity contribution in [2.45, 2.75) is 20.8 Å². The highest BCUT2D eigenvalue weighted by Crippen LogP contribution is 2.29. The van der Waals surface area contributed by atoms with Gasteiger partial charge in [0, 0.05) is 11.3 Å². The molecule has 0 aliphatic heterocycles. The summed E-state index contributed by atoms with van der Waals surface area (Å²) < 4.78 is 5.16. The molecule has 2 amide bonds. The number of benzene rings is 2. The zero-order valence-electron chi connectivity index (χ0n) is 16.8. The lowest BCUT2D eigenvalue weighted by Gasteiger charge is -2.11. The Bertz CT molecular complexity index is 1020. The number of nitrogens with zero attached hydrogens (tertiary/aromatic N) is 1. The zero-order valence-corrected chi connectivity index (χ0v) is 17.6. The molecule has 7 heteroatoms. The van der Waals surface area contributed by atoms with E-state index in [1.807, 2.05) is 56.3 Å². The molecular weight excluding hydrogens is 386 g/mol. The third-order valence-corrected chi connectivity index (χ3v) is 5.70. The number of ether oxygens (including phenoxy) is 1. The van der Waals surface area contributed by atoms with Gasteiger partial charge in [-0.1, -0.05) is 18.2 Å². The van der Waals surface area contributed by atoms with Gasteiger partial charge in [0.25, 0.3) is 5.91 Å². The van der Waals surface area contributed by atoms with Crippen molar-refractivity contribution in [3.05, 3.63) is 64.2 Å². The Balaban J connectivity index is 1.65. The van der Waals surface area contributed by atoms with Crippen molar-refractivity contribution in [3.63, 3.8) is 0 Å². The van der Waals surface area contributed by atoms with Crippen LogP contribution in [0.25, 0.3) is 10.6 Å². The number of thiazole rings is 1. The highest BCUT2D eigenvalue weighted by molar-refractivity contribution is 7.17. The van der Waals surface area contributed by atoms with Crippen LogP contribution in [-0.4, -0.2) is 30.5 Å². The van der Waals surface area contributed by atoms with Crippen LogP contribution in [0.4, 0.5) is 5.69 Å². The number of carbonyl (C=O) groups is 2. The second-order valence-corrected chi connectivity index (χ2v) is 7.66. The number of hydrogen-bond acceptors (Lipinski definition) is 5. The molecule has 0 spiro atoms. The van der Waals surface area contributed by atoms with Crippen LogP contribution in [-0.2, 0) is 4.79 Å². The van der Waals surface area contributed by atoms with E-state index in [4.69, 9.17) is 4.74 Å². The van der Waals surface area contributed by atoms with Crippen LogP contribution in [0, 0.1) is 20.8 Å². The molecule has 1 heterocycles. The van der Waals surface area contributed by atoms with E-state index in [2.05, 4.69) is 15.6 Å². The Morgan fingerprint density at radius 3 is 2.31 bits per heavy atom. The fourth-order valence-electron chi connectivity index (χ4n) is 2.90. The summed E-state index contributed by atoms with van der Waals surface area (Å²) in [6, 6.07) is 13.3. The van der Waals surface area contributed by atoms with Gasteiger partial charge in [-0.15, -0.1) is 11.3 Å². The van der Waals surface area contributed by atoms with E-state index in [-0.39, 0.29) is 18.4 Å². The van der Waals surface area contributed by atoms with Crippen molar-refractivity contribution in [1.82, 2.24) is 10.3 Å². The summed E-state index contributed by atoms with van der Waals surface area (Å²) in [6.07, 6.45) is 0. The molecule has 3 aromatic rings. The molecule has 0 bridgehead atoms. The minimum Gasteiger partial charge on any atom is -0.497 e. The summed E-state index contributed by atoms with van der Waals surface area (Å²) in [4.78, 5) is 29.8. The average molecular weight is 410 g/mol. The highest BCUT2D eigenvalue weighted by atomic mass is 32.1. The van der Waals surface area contributed by atoms with Gasteiger partial charge in [0.1, 0.15) is 15.6 Å². The third-order valence-electron chi connectivity index (χ3n) is 4.49. The molecule has 0 aliphatic carbocycles. The molecule has 29 heavy (non-hydrogen) atoms. The van der Waals surface area contributed by atoms with Crippen molar-refractivity contribution in [2.75, 3.05) is 19.0 Å². The molecule has 0 saturated heterocycles. The van der Waals surface area contributed by atoms with Gasteiger partial charge in [0.2, 0.25) is 5.91 Å². The summed E-state index contributed by atoms with van der Waals surface area (Å²) in [5, 5.41) is 6.29. The van der Waals surface area contributed by atoms with Crippen LogP contribution in [0.2, 0.25) is 0 Å². The molecule has 0 fully saturated rings. The van der Waals surface area contributed by atoms with Gasteiger partial charge in [-0.25, -0.2) is 4.98 Å². The minimum atomic E-state index is -0.309. The molecule has 2 N–H and O–H groups in total. The number of nitrogens with one attached hydrogen (secondary N) is 2. The number of rotatable bonds is 6. The maximum atomic E-state index is 12.6. The minimum absolute atomic E-state index is 0.109. The van der Waals surface area contributed by atoms with Gasteiger partial charge in [-0.2, -0.15) is 0 Å². The van der Waals surface area contributed by atoms with Gasteiger partial charge in [0.15, 0.2) is 0 Å². The second-order valence-electron chi connectivity index (χ2n) is 6.66. The fraction of sp³-hybridized carbons (Fsp3) is 0.227. The van der Waals surface area contributed by atoms with Crippen molar-refractivity contribution >= 4 is 28.8 Å². The zero-order chi connectivity index (χ0) is 21.0. The number of hydrogen-bond donors (Lipinski definition) is 2. The summed E-state index contributed by atoms with van der Waals surface area (Å²) in [5.74, 6) is 0.180. The van der Waals surface area contributed by atoms with E-state index in [0.717, 1.165) is 33.1 Å². The van der Waals surface area contributed by atoms with Crippen molar-refractivity contribution < 1.29 is 14.3 Å². The number of carbonyl (C=O) groups excluding carboxylic acids is 2. The predicted octanol–water partition coefficient (Wildman–Crippen LogP) is 4.11. The van der Waals surface area contributed by atoms with E-state index >= 15 is 0 Å². The second kappa shape index (κ2) is 8.87. The van der Waals surface area contributed by atoms with E-state index in [1.165, 1.54) is 11.3 Å². The van der Waals surface area contributed by atoms with E-state index < -0.39 is 0 Å². The monoisotopic (exact) mass is 409 g/mol. The molecule has 3 rings (SSSR count). The molecule has 0 aliphatic rings. The summed E-state index contributed by atoms with van der Waals surface area (Å²) in [6.45, 7) is 5.54. The lowest BCUT2D eigenvalue weighted by atomic mass is 10.1. The van der Waals surface area contributed by atoms with Crippen molar-refractivity contribution in [2.24, 2.45) is 0 Å². The molecule has 150 valence electrons. The number of methoxy groups -OCH3 is 1. The smallest absolute Gasteiger partial charge is 0.263 e. The quantitative estimate of drug-likeness (QED) is 0.642. The maximum absolute atomic E-state index is 12.6. The largest absolute Gasteiger partial charge is 0.497 e. The highest BCUT2D eigenvalue weighted by Gasteiger charge is 2.17. The van der Waals surface area contributed by atoms with E-state index in [9.17, 15) is 9.59 Å². The molecule has 2 aromatic carbocycles. The topological polar surface area (TPSA) is 80.3 Å². The Kier molecular flexibility index (Phi) is 6.29. The molecule has 1 aromatic heterocycles. The van der Waals surface area contributed by atoms with Gasteiger partial charge in [-0.05, 0) is 56.2 Å². The number of amides is 2. The first-order chi connectivity index (χ1) is 13.9. The van der Waals surface area contributed by atoms with Crippen LogP contribution in [0.15, 0.2) is 42.5 Å². The van der Waals surface area contributed by atoms with E-state index in [1.54, 1.807) is 14.0 Å². The Labute approximate surface area is 173 Å². The van der Waals surface area contributed by atoms with Gasteiger partial charge in [-0.3, -0.25) is 9.59 Å². The number of anilines is 1. The lowest BCUT2D eigenvalue weighted by molar-refractivity contribution is -0.115. The van der Waals surface area contributed by atoms with E-state index in [0.29, 0.717) is 10.6 Å². The van der Waals surface area contributed by atoms with Gasteiger partial charge < -0.3 is 15.4 Å². The average Bonchev–Trinajstić information content (AvgIpc) is 3.11. The molecule has 0 atom stereocenters. The normalized spacial score (nSPS) is 10.5. The number of para-hydroxylation sites is 1. The molecule has 0 unspecified atom stereocenters. The van der Waals surface area contributed by atoms with Crippen molar-refractivity contribution in [3.8, 4) is 16.3 Å². The van der Waals surface area contributed by atoms with Crippen LogP contribution >= 0.6 is 11.3 Å². The Morgan fingerprint density at radius 1 is 1.03 bits per heavy atom. The maximum Gasteiger partial charge on any atom is 0.263 e. The predicted molar refractivity (Wildman–Crippen MR) is 116 cm³/mol. The first kappa shape index (κ1) is 20.5. The van der Waals surface area contributed by atoms with Crippen molar-refractivity contribution in [1.29, 1.82) is 0 Å². The van der Waals surface area contributed by atoms with Crippen LogP contribution < -0.4 is 15.4 Å². The standard InChI is InChI=1S/C22H23N3O3S/c1-13-6-5-7-14(2)19(13)25-18(26)12-23-21(27)20-15(3)24-22(29-20)16-8-10-17(28-4)11-9-16/h5-11H,12H2,1-4H3,(H,23,27)(H,25,26). The fourth-order valence-corrected chi connectivity index (χ4v) is 3.89. The summed E-state index contributed by atoms with van der Waals surface area (Å²) in [7, 11) is 1.61. The van der Waals surface area contributed by atoms with Crippen LogP contribution in [0.1, 0.15) is 26.5 Å².